The molecular weight excluding hydrogens is 302 g/mol. The highest BCUT2D eigenvalue weighted by Crippen LogP contribution is 2.40. The summed E-state index contributed by atoms with van der Waals surface area (Å²) in [7, 11) is 0. The van der Waals surface area contributed by atoms with Crippen molar-refractivity contribution in [2.75, 3.05) is 5.73 Å². The predicted octanol–water partition coefficient (Wildman–Crippen LogP) is 2.55. The van der Waals surface area contributed by atoms with E-state index in [1.54, 1.807) is 13.0 Å². The number of halogens is 2. The third kappa shape index (κ3) is 1.98. The van der Waals surface area contributed by atoms with Gasteiger partial charge in [0.1, 0.15) is 5.75 Å². The molecule has 0 fully saturated rings. The summed E-state index contributed by atoms with van der Waals surface area (Å²) in [6.45, 7) is 1.59. The zero-order valence-electron chi connectivity index (χ0n) is 6.88. The Morgan fingerprint density at radius 2 is 2.00 bits per heavy atom. The van der Waals surface area contributed by atoms with E-state index in [1.165, 1.54) is 0 Å². The van der Waals surface area contributed by atoms with Gasteiger partial charge in [-0.15, -0.1) is 0 Å². The first-order chi connectivity index (χ1) is 5.95. The molecule has 0 radical (unpaired) electrons. The van der Waals surface area contributed by atoms with E-state index in [0.29, 0.717) is 20.2 Å². The van der Waals surface area contributed by atoms with Gasteiger partial charge in [-0.05, 0) is 44.8 Å². The lowest BCUT2D eigenvalue weighted by molar-refractivity contribution is 0.198. The lowest BCUT2D eigenvalue weighted by atomic mass is 10.1. The predicted molar refractivity (Wildman–Crippen MR) is 58.6 cm³/mol. The van der Waals surface area contributed by atoms with Crippen LogP contribution in [-0.2, 0) is 0 Å². The van der Waals surface area contributed by atoms with Crippen molar-refractivity contribution in [2.24, 2.45) is 0 Å². The van der Waals surface area contributed by atoms with Gasteiger partial charge in [-0.2, -0.15) is 0 Å². The van der Waals surface area contributed by atoms with Gasteiger partial charge in [0.05, 0.1) is 15.0 Å². The molecule has 5 heteroatoms. The van der Waals surface area contributed by atoms with Crippen molar-refractivity contribution in [3.05, 3.63) is 20.6 Å². The first-order valence-corrected chi connectivity index (χ1v) is 5.18. The first kappa shape index (κ1) is 10.8. The van der Waals surface area contributed by atoms with Gasteiger partial charge in [0.2, 0.25) is 0 Å². The average Bonchev–Trinajstić information content (AvgIpc) is 1.99. The molecule has 0 saturated heterocycles. The van der Waals surface area contributed by atoms with E-state index < -0.39 is 6.10 Å². The van der Waals surface area contributed by atoms with Crippen LogP contribution in [0, 0.1) is 0 Å². The molecule has 0 amide bonds. The number of phenols is 1. The van der Waals surface area contributed by atoms with Gasteiger partial charge in [0.25, 0.3) is 0 Å². The summed E-state index contributed by atoms with van der Waals surface area (Å²) in [6, 6.07) is 1.56. The van der Waals surface area contributed by atoms with Crippen LogP contribution >= 0.6 is 31.9 Å². The standard InChI is InChI=1S/C8H9Br2NO2/c1-3(12)6-5(11)2-4(9)8(13)7(6)10/h2-3,12-13H,11H2,1H3. The number of hydrogen-bond acceptors (Lipinski definition) is 3. The van der Waals surface area contributed by atoms with Crippen molar-refractivity contribution in [1.29, 1.82) is 0 Å². The van der Waals surface area contributed by atoms with Gasteiger partial charge in [-0.3, -0.25) is 0 Å². The van der Waals surface area contributed by atoms with Crippen LogP contribution in [0.25, 0.3) is 0 Å². The number of aromatic hydroxyl groups is 1. The minimum atomic E-state index is -0.714. The minimum absolute atomic E-state index is 0.0464. The Hall–Kier alpha value is -0.260. The lowest BCUT2D eigenvalue weighted by Gasteiger charge is -2.13. The molecule has 0 heterocycles. The van der Waals surface area contributed by atoms with E-state index in [4.69, 9.17) is 5.73 Å². The largest absolute Gasteiger partial charge is 0.506 e. The fourth-order valence-corrected chi connectivity index (χ4v) is 2.55. The summed E-state index contributed by atoms with van der Waals surface area (Å²) < 4.78 is 0.927. The number of phenolic OH excluding ortho intramolecular Hbond substituents is 1. The molecule has 72 valence electrons. The SMILES string of the molecule is CC(O)c1c(N)cc(Br)c(O)c1Br. The molecule has 1 aromatic carbocycles. The first-order valence-electron chi connectivity index (χ1n) is 3.59. The van der Waals surface area contributed by atoms with Crippen LogP contribution in [0.3, 0.4) is 0 Å². The molecule has 0 aromatic heterocycles. The van der Waals surface area contributed by atoms with Crippen LogP contribution in [-0.4, -0.2) is 10.2 Å². The molecule has 1 aromatic rings. The average molecular weight is 311 g/mol. The molecule has 1 rings (SSSR count). The summed E-state index contributed by atoms with van der Waals surface area (Å²) in [5.41, 5.74) is 6.60. The van der Waals surface area contributed by atoms with Gasteiger partial charge in [0.15, 0.2) is 0 Å². The molecule has 0 saturated carbocycles. The maximum atomic E-state index is 9.50. The zero-order chi connectivity index (χ0) is 10.2. The van der Waals surface area contributed by atoms with Gasteiger partial charge >= 0.3 is 0 Å². The second kappa shape index (κ2) is 3.86. The smallest absolute Gasteiger partial charge is 0.144 e. The van der Waals surface area contributed by atoms with Gasteiger partial charge in [-0.1, -0.05) is 0 Å². The molecule has 0 bridgehead atoms. The van der Waals surface area contributed by atoms with Crippen molar-refractivity contribution >= 4 is 37.5 Å². The van der Waals surface area contributed by atoms with E-state index >= 15 is 0 Å². The van der Waals surface area contributed by atoms with Crippen LogP contribution in [0.4, 0.5) is 5.69 Å². The fraction of sp³-hybridized carbons (Fsp3) is 0.250. The highest BCUT2D eigenvalue weighted by molar-refractivity contribution is 9.11. The number of hydrogen-bond donors (Lipinski definition) is 3. The van der Waals surface area contributed by atoms with Gasteiger partial charge in [-0.25, -0.2) is 0 Å². The molecule has 0 spiro atoms. The molecule has 0 aliphatic carbocycles. The molecular formula is C8H9Br2NO2. The summed E-state index contributed by atoms with van der Waals surface area (Å²) in [5.74, 6) is 0.0464. The van der Waals surface area contributed by atoms with E-state index in [2.05, 4.69) is 31.9 Å². The van der Waals surface area contributed by atoms with Crippen molar-refractivity contribution < 1.29 is 10.2 Å². The van der Waals surface area contributed by atoms with Gasteiger partial charge in [0, 0.05) is 11.3 Å². The quantitative estimate of drug-likeness (QED) is 0.551. The maximum Gasteiger partial charge on any atom is 0.144 e. The number of aliphatic hydroxyl groups is 1. The summed E-state index contributed by atoms with van der Waals surface area (Å²) in [6.07, 6.45) is -0.714. The fourth-order valence-electron chi connectivity index (χ4n) is 1.07. The van der Waals surface area contributed by atoms with Gasteiger partial charge < -0.3 is 15.9 Å². The number of anilines is 1. The normalized spacial score (nSPS) is 12.9. The van der Waals surface area contributed by atoms with Crippen molar-refractivity contribution in [3.8, 4) is 5.75 Å². The van der Waals surface area contributed by atoms with Crippen LogP contribution in [0.15, 0.2) is 15.0 Å². The maximum absolute atomic E-state index is 9.50. The monoisotopic (exact) mass is 309 g/mol. The highest BCUT2D eigenvalue weighted by Gasteiger charge is 2.16. The molecule has 0 aliphatic rings. The summed E-state index contributed by atoms with van der Waals surface area (Å²) >= 11 is 6.30. The number of benzene rings is 1. The van der Waals surface area contributed by atoms with Crippen LogP contribution in [0.2, 0.25) is 0 Å². The van der Waals surface area contributed by atoms with E-state index in [9.17, 15) is 10.2 Å². The lowest BCUT2D eigenvalue weighted by Crippen LogP contribution is -2.00. The van der Waals surface area contributed by atoms with E-state index in [0.717, 1.165) is 0 Å². The number of nitrogen functional groups attached to an aromatic ring is 1. The molecule has 1 unspecified atom stereocenters. The molecule has 4 N–H and O–H groups in total. The third-order valence-corrected chi connectivity index (χ3v) is 3.09. The van der Waals surface area contributed by atoms with Crippen LogP contribution in [0.1, 0.15) is 18.6 Å². The molecule has 13 heavy (non-hydrogen) atoms. The second-order valence-electron chi connectivity index (χ2n) is 2.70. The number of nitrogens with two attached hydrogens (primary N) is 1. The van der Waals surface area contributed by atoms with E-state index in [-0.39, 0.29) is 5.75 Å². The molecule has 3 nitrogen and oxygen atoms in total. The number of rotatable bonds is 1. The topological polar surface area (TPSA) is 66.5 Å². The Morgan fingerprint density at radius 1 is 1.46 bits per heavy atom. The Labute approximate surface area is 92.8 Å². The minimum Gasteiger partial charge on any atom is -0.506 e. The van der Waals surface area contributed by atoms with Crippen LogP contribution in [0.5, 0.6) is 5.75 Å². The molecule has 1 atom stereocenters. The Bertz CT molecular complexity index is 339. The van der Waals surface area contributed by atoms with Crippen molar-refractivity contribution in [3.63, 3.8) is 0 Å². The van der Waals surface area contributed by atoms with Crippen molar-refractivity contribution in [2.45, 2.75) is 13.0 Å². The van der Waals surface area contributed by atoms with Crippen LogP contribution < -0.4 is 5.73 Å². The Morgan fingerprint density at radius 3 is 2.46 bits per heavy atom. The Kier molecular flexibility index (Phi) is 3.21. The zero-order valence-corrected chi connectivity index (χ0v) is 10.1. The Balaban J connectivity index is 3.44. The highest BCUT2D eigenvalue weighted by atomic mass is 79.9. The molecule has 0 aliphatic heterocycles. The van der Waals surface area contributed by atoms with Crippen molar-refractivity contribution in [1.82, 2.24) is 0 Å². The summed E-state index contributed by atoms with van der Waals surface area (Å²) in [4.78, 5) is 0. The second-order valence-corrected chi connectivity index (χ2v) is 4.35. The summed E-state index contributed by atoms with van der Waals surface area (Å²) in [5, 5.41) is 18.9. The van der Waals surface area contributed by atoms with E-state index in [1.807, 2.05) is 0 Å². The third-order valence-electron chi connectivity index (χ3n) is 1.68. The number of aliphatic hydroxyl groups excluding tert-OH is 1.